The van der Waals surface area contributed by atoms with Crippen LogP contribution in [-0.2, 0) is 4.74 Å². The molecule has 0 spiro atoms. The molecule has 2 atom stereocenters. The number of hydrogen-bond acceptors (Lipinski definition) is 3. The van der Waals surface area contributed by atoms with E-state index < -0.39 is 0 Å². The minimum absolute atomic E-state index is 0.183. The van der Waals surface area contributed by atoms with Gasteiger partial charge in [-0.3, -0.25) is 10.6 Å². The van der Waals surface area contributed by atoms with Crippen molar-refractivity contribution in [3.63, 3.8) is 0 Å². The largest absolute Gasteiger partial charge is 0.345 e. The van der Waals surface area contributed by atoms with Crippen molar-refractivity contribution in [2.24, 2.45) is 0 Å². The van der Waals surface area contributed by atoms with Crippen LogP contribution >= 0.6 is 0 Å². The highest BCUT2D eigenvalue weighted by Crippen LogP contribution is 2.17. The van der Waals surface area contributed by atoms with Crippen LogP contribution in [0.1, 0.15) is 297 Å². The van der Waals surface area contributed by atoms with Crippen LogP contribution in [0.15, 0.2) is 0 Å². The van der Waals surface area contributed by atoms with Crippen molar-refractivity contribution in [1.29, 1.82) is 0 Å². The van der Waals surface area contributed by atoms with Crippen molar-refractivity contribution in [3.8, 4) is 0 Å². The third kappa shape index (κ3) is 44.5. The van der Waals surface area contributed by atoms with E-state index in [9.17, 15) is 0 Å². The molecule has 0 aliphatic heterocycles. The standard InChI is InChI=1S/C50H104N2O/c1-5-9-11-13-15-17-19-21-23-25-27-29-31-33-35-37-39-41-43-45-47-51-49(7-3)53-50(8-4)52-48-46-44-42-40-38-36-34-32-30-28-26-24-22-20-18-16-14-12-10-6-2/h49-52H,5-48H2,1-4H3. The molecule has 0 rings (SSSR count). The summed E-state index contributed by atoms with van der Waals surface area (Å²) in [7, 11) is 0. The van der Waals surface area contributed by atoms with Crippen LogP contribution in [0.25, 0.3) is 0 Å². The van der Waals surface area contributed by atoms with Crippen LogP contribution in [0.5, 0.6) is 0 Å². The maximum Gasteiger partial charge on any atom is 0.109 e. The second-order valence-corrected chi connectivity index (χ2v) is 17.3. The van der Waals surface area contributed by atoms with Gasteiger partial charge in [0.15, 0.2) is 0 Å². The number of nitrogens with one attached hydrogen (secondary N) is 2. The van der Waals surface area contributed by atoms with E-state index >= 15 is 0 Å². The summed E-state index contributed by atoms with van der Waals surface area (Å²) >= 11 is 0. The predicted molar refractivity (Wildman–Crippen MR) is 241 cm³/mol. The smallest absolute Gasteiger partial charge is 0.109 e. The highest BCUT2D eigenvalue weighted by Gasteiger charge is 2.12. The fourth-order valence-corrected chi connectivity index (χ4v) is 8.06. The zero-order valence-corrected chi connectivity index (χ0v) is 37.7. The lowest BCUT2D eigenvalue weighted by Crippen LogP contribution is -2.41. The van der Waals surface area contributed by atoms with Crippen LogP contribution in [0, 0.1) is 0 Å². The molecule has 0 radical (unpaired) electrons. The van der Waals surface area contributed by atoms with Crippen LogP contribution in [-0.4, -0.2) is 25.5 Å². The molecule has 53 heavy (non-hydrogen) atoms. The Hall–Kier alpha value is -0.120. The molecule has 0 aliphatic carbocycles. The molecule has 0 saturated heterocycles. The lowest BCUT2D eigenvalue weighted by molar-refractivity contribution is -0.0495. The molecule has 3 nitrogen and oxygen atoms in total. The van der Waals surface area contributed by atoms with E-state index in [2.05, 4.69) is 38.3 Å². The van der Waals surface area contributed by atoms with Crippen molar-refractivity contribution < 1.29 is 4.74 Å². The molecule has 0 aliphatic rings. The SMILES string of the molecule is CCCCCCCCCCCCCCCCCCCCCCNC(CC)OC(CC)NCCCCCCCCCCCCCCCCCCCCCC. The lowest BCUT2D eigenvalue weighted by Gasteiger charge is -2.25. The van der Waals surface area contributed by atoms with Gasteiger partial charge in [-0.25, -0.2) is 0 Å². The van der Waals surface area contributed by atoms with Crippen molar-refractivity contribution >= 4 is 0 Å². The van der Waals surface area contributed by atoms with Crippen molar-refractivity contribution in [3.05, 3.63) is 0 Å². The molecule has 0 saturated carbocycles. The summed E-state index contributed by atoms with van der Waals surface area (Å²) in [5.41, 5.74) is 0. The van der Waals surface area contributed by atoms with Crippen molar-refractivity contribution in [2.45, 2.75) is 310 Å². The van der Waals surface area contributed by atoms with Crippen LogP contribution in [0.2, 0.25) is 0 Å². The summed E-state index contributed by atoms with van der Waals surface area (Å²) in [6, 6.07) is 0. The summed E-state index contributed by atoms with van der Waals surface area (Å²) in [4.78, 5) is 0. The van der Waals surface area contributed by atoms with E-state index in [-0.39, 0.29) is 12.5 Å². The van der Waals surface area contributed by atoms with E-state index in [0.717, 1.165) is 25.9 Å². The number of unbranched alkanes of at least 4 members (excludes halogenated alkanes) is 38. The molecular formula is C50H104N2O. The minimum atomic E-state index is 0.183. The first-order valence-electron chi connectivity index (χ1n) is 25.4. The molecule has 0 amide bonds. The lowest BCUT2D eigenvalue weighted by atomic mass is 10.0. The summed E-state index contributed by atoms with van der Waals surface area (Å²) < 4.78 is 6.41. The van der Waals surface area contributed by atoms with E-state index in [1.807, 2.05) is 0 Å². The molecule has 0 heterocycles. The Morgan fingerprint density at radius 2 is 0.415 bits per heavy atom. The first-order chi connectivity index (χ1) is 26.3. The number of ether oxygens (including phenoxy) is 1. The van der Waals surface area contributed by atoms with Gasteiger partial charge in [0.05, 0.1) is 0 Å². The van der Waals surface area contributed by atoms with E-state index in [1.165, 1.54) is 257 Å². The zero-order chi connectivity index (χ0) is 38.4. The van der Waals surface area contributed by atoms with Crippen molar-refractivity contribution in [2.75, 3.05) is 13.1 Å². The Morgan fingerprint density at radius 1 is 0.245 bits per heavy atom. The van der Waals surface area contributed by atoms with Gasteiger partial charge in [-0.05, 0) is 38.8 Å². The topological polar surface area (TPSA) is 33.3 Å². The monoisotopic (exact) mass is 749 g/mol. The van der Waals surface area contributed by atoms with E-state index in [1.54, 1.807) is 0 Å². The van der Waals surface area contributed by atoms with Gasteiger partial charge in [0, 0.05) is 0 Å². The number of rotatable bonds is 48. The maximum absolute atomic E-state index is 6.41. The van der Waals surface area contributed by atoms with E-state index in [4.69, 9.17) is 4.74 Å². The maximum atomic E-state index is 6.41. The highest BCUT2D eigenvalue weighted by atomic mass is 16.5. The molecule has 0 aromatic carbocycles. The quantitative estimate of drug-likeness (QED) is 0.0480. The first kappa shape index (κ1) is 52.9. The Bertz CT molecular complexity index is 575. The zero-order valence-electron chi connectivity index (χ0n) is 37.7. The molecule has 2 unspecified atom stereocenters. The van der Waals surface area contributed by atoms with Crippen molar-refractivity contribution in [1.82, 2.24) is 10.6 Å². The summed E-state index contributed by atoms with van der Waals surface area (Å²) in [6.45, 7) is 11.3. The third-order valence-corrected chi connectivity index (χ3v) is 11.9. The average Bonchev–Trinajstić information content (AvgIpc) is 3.17. The molecule has 3 heteroatoms. The molecule has 0 aromatic rings. The number of hydrogen-bond donors (Lipinski definition) is 2. The Balaban J connectivity index is 3.42. The Morgan fingerprint density at radius 3 is 0.585 bits per heavy atom. The molecule has 320 valence electrons. The molecule has 0 aromatic heterocycles. The fourth-order valence-electron chi connectivity index (χ4n) is 8.06. The van der Waals surface area contributed by atoms with Gasteiger partial charge in [-0.2, -0.15) is 0 Å². The van der Waals surface area contributed by atoms with Crippen LogP contribution in [0.4, 0.5) is 0 Å². The van der Waals surface area contributed by atoms with Gasteiger partial charge in [0.2, 0.25) is 0 Å². The second-order valence-electron chi connectivity index (χ2n) is 17.3. The molecule has 2 N–H and O–H groups in total. The summed E-state index contributed by atoms with van der Waals surface area (Å²) in [5, 5.41) is 7.39. The van der Waals surface area contributed by atoms with Crippen LogP contribution in [0.3, 0.4) is 0 Å². The van der Waals surface area contributed by atoms with Crippen LogP contribution < -0.4 is 10.6 Å². The Labute approximate surface area is 337 Å². The van der Waals surface area contributed by atoms with Gasteiger partial charge < -0.3 is 4.74 Å². The van der Waals surface area contributed by atoms with Gasteiger partial charge in [-0.15, -0.1) is 0 Å². The second kappa shape index (κ2) is 48.0. The van der Waals surface area contributed by atoms with Gasteiger partial charge in [0.25, 0.3) is 0 Å². The molecule has 0 bridgehead atoms. The van der Waals surface area contributed by atoms with E-state index in [0.29, 0.717) is 0 Å². The Kier molecular flexibility index (Phi) is 47.9. The summed E-state index contributed by atoms with van der Waals surface area (Å²) in [6.07, 6.45) is 60.1. The average molecular weight is 749 g/mol. The molecule has 0 fully saturated rings. The van der Waals surface area contributed by atoms with Gasteiger partial charge in [-0.1, -0.05) is 272 Å². The van der Waals surface area contributed by atoms with Gasteiger partial charge in [0.1, 0.15) is 12.5 Å². The third-order valence-electron chi connectivity index (χ3n) is 11.9. The normalized spacial score (nSPS) is 12.9. The first-order valence-corrected chi connectivity index (χ1v) is 25.4. The highest BCUT2D eigenvalue weighted by molar-refractivity contribution is 4.61. The predicted octanol–water partition coefficient (Wildman–Crippen LogP) is 17.3. The molecular weight excluding hydrogens is 645 g/mol. The van der Waals surface area contributed by atoms with Gasteiger partial charge >= 0.3 is 0 Å². The minimum Gasteiger partial charge on any atom is -0.345 e. The summed E-state index contributed by atoms with van der Waals surface area (Å²) in [5.74, 6) is 0. The fraction of sp³-hybridized carbons (Fsp3) is 1.00.